The van der Waals surface area contributed by atoms with Gasteiger partial charge in [0, 0.05) is 22.1 Å². The molecule has 5 N–H and O–H groups in total. The molecule has 172 valence electrons. The fourth-order valence-electron chi connectivity index (χ4n) is 4.15. The SMILES string of the molecule is CNc1ccc2ccc(OC[C@H]3O[C@@H](c4cc(I)c5c(N)ncnn45)[C@](C)(O)[C@@H]3O)cc2n1. The average molecular weight is 562 g/mol. The van der Waals surface area contributed by atoms with Crippen molar-refractivity contribution in [3.63, 3.8) is 0 Å². The van der Waals surface area contributed by atoms with E-state index in [2.05, 4.69) is 43.0 Å². The van der Waals surface area contributed by atoms with Gasteiger partial charge in [0.05, 0.1) is 11.2 Å². The molecule has 0 spiro atoms. The van der Waals surface area contributed by atoms with Gasteiger partial charge < -0.3 is 30.7 Å². The van der Waals surface area contributed by atoms with Crippen LogP contribution in [-0.4, -0.2) is 61.3 Å². The summed E-state index contributed by atoms with van der Waals surface area (Å²) in [6.45, 7) is 1.58. The second-order valence-corrected chi connectivity index (χ2v) is 9.32. The molecule has 0 unspecified atom stereocenters. The van der Waals surface area contributed by atoms with Gasteiger partial charge in [-0.05, 0) is 59.8 Å². The maximum atomic E-state index is 11.1. The van der Waals surface area contributed by atoms with Crippen molar-refractivity contribution in [2.75, 3.05) is 24.7 Å². The minimum atomic E-state index is -1.57. The summed E-state index contributed by atoms with van der Waals surface area (Å²) in [5.74, 6) is 1.67. The van der Waals surface area contributed by atoms with Gasteiger partial charge in [0.25, 0.3) is 0 Å². The molecule has 1 aliphatic rings. The molecule has 33 heavy (non-hydrogen) atoms. The number of nitrogens with two attached hydrogens (primary N) is 1. The Balaban J connectivity index is 1.39. The number of nitrogens with zero attached hydrogens (tertiary/aromatic N) is 4. The lowest BCUT2D eigenvalue weighted by Crippen LogP contribution is -2.43. The van der Waals surface area contributed by atoms with Crippen molar-refractivity contribution in [3.05, 3.63) is 52.0 Å². The summed E-state index contributed by atoms with van der Waals surface area (Å²) in [7, 11) is 1.81. The molecule has 1 saturated heterocycles. The Morgan fingerprint density at radius 1 is 1.30 bits per heavy atom. The first kappa shape index (κ1) is 22.1. The molecular formula is C22H23IN6O4. The number of aliphatic hydroxyl groups excluding tert-OH is 1. The van der Waals surface area contributed by atoms with E-state index in [4.69, 9.17) is 15.2 Å². The van der Waals surface area contributed by atoms with Gasteiger partial charge >= 0.3 is 0 Å². The number of benzene rings is 1. The van der Waals surface area contributed by atoms with Crippen LogP contribution >= 0.6 is 22.6 Å². The summed E-state index contributed by atoms with van der Waals surface area (Å²) in [5.41, 5.74) is 6.42. The van der Waals surface area contributed by atoms with Gasteiger partial charge in [0.1, 0.15) is 53.9 Å². The first-order valence-electron chi connectivity index (χ1n) is 10.3. The van der Waals surface area contributed by atoms with Crippen LogP contribution in [0.25, 0.3) is 16.4 Å². The fraction of sp³-hybridized carbons (Fsp3) is 0.318. The quantitative estimate of drug-likeness (QED) is 0.270. The van der Waals surface area contributed by atoms with E-state index < -0.39 is 23.9 Å². The number of pyridine rings is 1. The van der Waals surface area contributed by atoms with E-state index in [1.807, 2.05) is 43.4 Å². The second-order valence-electron chi connectivity index (χ2n) is 8.16. The molecule has 0 bridgehead atoms. The van der Waals surface area contributed by atoms with E-state index in [9.17, 15) is 10.2 Å². The predicted molar refractivity (Wildman–Crippen MR) is 131 cm³/mol. The van der Waals surface area contributed by atoms with E-state index in [1.54, 1.807) is 11.4 Å². The Morgan fingerprint density at radius 2 is 2.09 bits per heavy atom. The minimum Gasteiger partial charge on any atom is -0.491 e. The highest BCUT2D eigenvalue weighted by Gasteiger charge is 2.54. The number of aliphatic hydroxyl groups is 2. The number of fused-ring (bicyclic) bond motifs is 2. The fourth-order valence-corrected chi connectivity index (χ4v) is 4.98. The van der Waals surface area contributed by atoms with Crippen molar-refractivity contribution >= 4 is 50.6 Å². The maximum absolute atomic E-state index is 11.1. The normalized spacial score (nSPS) is 25.1. The lowest BCUT2D eigenvalue weighted by atomic mass is 9.91. The molecule has 4 atom stereocenters. The van der Waals surface area contributed by atoms with Gasteiger partial charge in [-0.1, -0.05) is 0 Å². The standard InChI is InChI=1S/C22H23IN6O4/c1-22(31)19(30)16(9-32-12-5-3-11-4-6-17(25-2)28-14(11)7-12)33-20(22)15-8-13(23)18-21(24)26-10-27-29(15)18/h3-8,10,16,19-20,30-31H,9H2,1-2H3,(H,25,28)(H2,24,26,27)/t16-,19-,20+,22-/m1/s1. The second kappa shape index (κ2) is 8.24. The number of rotatable bonds is 5. The first-order chi connectivity index (χ1) is 15.8. The van der Waals surface area contributed by atoms with Crippen molar-refractivity contribution in [2.45, 2.75) is 30.8 Å². The van der Waals surface area contributed by atoms with Crippen LogP contribution < -0.4 is 15.8 Å². The molecule has 4 heterocycles. The molecule has 10 nitrogen and oxygen atoms in total. The van der Waals surface area contributed by atoms with Crippen molar-refractivity contribution in [1.29, 1.82) is 0 Å². The van der Waals surface area contributed by atoms with Crippen molar-refractivity contribution in [2.24, 2.45) is 0 Å². The predicted octanol–water partition coefficient (Wildman–Crippen LogP) is 2.14. The molecule has 3 aromatic heterocycles. The molecule has 1 fully saturated rings. The monoisotopic (exact) mass is 562 g/mol. The number of hydrogen-bond acceptors (Lipinski definition) is 9. The topological polar surface area (TPSA) is 140 Å². The molecule has 4 aromatic rings. The van der Waals surface area contributed by atoms with E-state index in [-0.39, 0.29) is 6.61 Å². The van der Waals surface area contributed by atoms with Crippen LogP contribution in [0.3, 0.4) is 0 Å². The Bertz CT molecular complexity index is 1340. The maximum Gasteiger partial charge on any atom is 0.152 e. The number of hydrogen-bond donors (Lipinski definition) is 4. The summed E-state index contributed by atoms with van der Waals surface area (Å²) in [6.07, 6.45) is -1.45. The number of halogens is 1. The van der Waals surface area contributed by atoms with Crippen LogP contribution in [0.15, 0.2) is 42.7 Å². The molecular weight excluding hydrogens is 539 g/mol. The lowest BCUT2D eigenvalue weighted by Gasteiger charge is -2.26. The Kier molecular flexibility index (Phi) is 5.51. The minimum absolute atomic E-state index is 0.0442. The zero-order valence-electron chi connectivity index (χ0n) is 17.9. The number of nitrogen functional groups attached to an aromatic ring is 1. The van der Waals surface area contributed by atoms with E-state index in [0.717, 1.165) is 20.3 Å². The first-order valence-corrected chi connectivity index (χ1v) is 11.4. The largest absolute Gasteiger partial charge is 0.491 e. The van der Waals surface area contributed by atoms with Crippen molar-refractivity contribution < 1.29 is 19.7 Å². The van der Waals surface area contributed by atoms with Crippen LogP contribution in [0, 0.1) is 3.57 Å². The van der Waals surface area contributed by atoms with Gasteiger partial charge in [-0.3, -0.25) is 0 Å². The number of aromatic nitrogens is 4. The van der Waals surface area contributed by atoms with Gasteiger partial charge in [0.2, 0.25) is 0 Å². The highest BCUT2D eigenvalue weighted by atomic mass is 127. The molecule has 0 amide bonds. The van der Waals surface area contributed by atoms with Gasteiger partial charge in [-0.15, -0.1) is 0 Å². The summed E-state index contributed by atoms with van der Waals surface area (Å²) >= 11 is 2.13. The zero-order chi connectivity index (χ0) is 23.3. The third kappa shape index (κ3) is 3.74. The van der Waals surface area contributed by atoms with Crippen molar-refractivity contribution in [3.8, 4) is 5.75 Å². The molecule has 1 aromatic carbocycles. The Morgan fingerprint density at radius 3 is 2.88 bits per heavy atom. The van der Waals surface area contributed by atoms with Crippen LogP contribution in [0.5, 0.6) is 5.75 Å². The molecule has 0 saturated carbocycles. The number of ether oxygens (including phenoxy) is 2. The van der Waals surface area contributed by atoms with Crippen LogP contribution in [0.2, 0.25) is 0 Å². The van der Waals surface area contributed by atoms with Crippen molar-refractivity contribution in [1.82, 2.24) is 19.6 Å². The lowest BCUT2D eigenvalue weighted by molar-refractivity contribution is -0.0664. The molecule has 5 rings (SSSR count). The highest BCUT2D eigenvalue weighted by molar-refractivity contribution is 14.1. The molecule has 1 aliphatic heterocycles. The average Bonchev–Trinajstić information content (AvgIpc) is 3.25. The third-order valence-corrected chi connectivity index (χ3v) is 6.78. The van der Waals surface area contributed by atoms with Gasteiger partial charge in [-0.2, -0.15) is 5.10 Å². The molecule has 11 heteroatoms. The third-order valence-electron chi connectivity index (χ3n) is 5.96. The zero-order valence-corrected chi connectivity index (χ0v) is 20.1. The van der Waals surface area contributed by atoms with Crippen LogP contribution in [0.4, 0.5) is 11.6 Å². The summed E-state index contributed by atoms with van der Waals surface area (Å²) in [6, 6.07) is 11.3. The molecule has 0 aliphatic carbocycles. The van der Waals surface area contributed by atoms with Gasteiger partial charge in [0.15, 0.2) is 5.82 Å². The number of nitrogens with one attached hydrogen (secondary N) is 1. The van der Waals surface area contributed by atoms with E-state index in [1.165, 1.54) is 6.33 Å². The Labute approximate surface area is 202 Å². The number of anilines is 2. The highest BCUT2D eigenvalue weighted by Crippen LogP contribution is 2.43. The van der Waals surface area contributed by atoms with Gasteiger partial charge in [-0.25, -0.2) is 14.5 Å². The Hall–Kier alpha value is -2.74. The van der Waals surface area contributed by atoms with Crippen LogP contribution in [0.1, 0.15) is 18.7 Å². The summed E-state index contributed by atoms with van der Waals surface area (Å²) in [4.78, 5) is 8.55. The van der Waals surface area contributed by atoms with Crippen LogP contribution in [-0.2, 0) is 4.74 Å². The summed E-state index contributed by atoms with van der Waals surface area (Å²) in [5, 5.41) is 30.3. The van der Waals surface area contributed by atoms with E-state index in [0.29, 0.717) is 22.8 Å². The summed E-state index contributed by atoms with van der Waals surface area (Å²) < 4.78 is 14.4. The van der Waals surface area contributed by atoms with E-state index >= 15 is 0 Å². The molecule has 0 radical (unpaired) electrons. The smallest absolute Gasteiger partial charge is 0.152 e.